The highest BCUT2D eigenvalue weighted by Crippen LogP contribution is 2.18. The molecule has 0 aliphatic carbocycles. The molecule has 0 fully saturated rings. The summed E-state index contributed by atoms with van der Waals surface area (Å²) in [5.74, 6) is -1.12. The van der Waals surface area contributed by atoms with Gasteiger partial charge in [0.15, 0.2) is 5.69 Å². The van der Waals surface area contributed by atoms with Gasteiger partial charge in [-0.15, -0.1) is 0 Å². The van der Waals surface area contributed by atoms with Crippen LogP contribution in [0.3, 0.4) is 0 Å². The molecule has 0 bridgehead atoms. The van der Waals surface area contributed by atoms with Crippen LogP contribution in [0.1, 0.15) is 39.2 Å². The molecule has 32 heavy (non-hydrogen) atoms. The Kier molecular flexibility index (Phi) is 5.55. The minimum Gasteiger partial charge on any atom is -0.267 e. The fourth-order valence-corrected chi connectivity index (χ4v) is 3.64. The number of carbonyl (C=O) groups excluding carboxylic acids is 2. The molecule has 2 heterocycles. The van der Waals surface area contributed by atoms with Gasteiger partial charge in [-0.25, -0.2) is 9.36 Å². The number of hydrazine groups is 1. The van der Waals surface area contributed by atoms with E-state index in [-0.39, 0.29) is 11.3 Å². The zero-order chi connectivity index (χ0) is 22.8. The summed E-state index contributed by atoms with van der Waals surface area (Å²) in [7, 11) is 0. The Labute approximate surface area is 183 Å². The Hall–Kier alpha value is -4.27. The molecule has 0 unspecified atom stereocenters. The second-order valence-electron chi connectivity index (χ2n) is 7.22. The molecule has 9 heteroatoms. The van der Waals surface area contributed by atoms with Crippen LogP contribution in [-0.2, 0) is 6.54 Å². The first kappa shape index (κ1) is 21.0. The SMILES string of the molecule is CCn1nc(C(=O)NNC(=O)c2c(C)nn(-c3ccccc3)c2C)c2ccccc2c1=O. The van der Waals surface area contributed by atoms with Gasteiger partial charge < -0.3 is 0 Å². The number of amides is 2. The number of para-hydroxylation sites is 1. The number of nitrogens with zero attached hydrogens (tertiary/aromatic N) is 4. The molecular weight excluding hydrogens is 408 g/mol. The third kappa shape index (κ3) is 3.64. The highest BCUT2D eigenvalue weighted by molar-refractivity contribution is 6.06. The van der Waals surface area contributed by atoms with E-state index >= 15 is 0 Å². The van der Waals surface area contributed by atoms with Crippen LogP contribution in [0.25, 0.3) is 16.5 Å². The molecule has 2 amide bonds. The molecule has 4 rings (SSSR count). The van der Waals surface area contributed by atoms with Crippen molar-refractivity contribution >= 4 is 22.6 Å². The van der Waals surface area contributed by atoms with Crippen molar-refractivity contribution in [3.05, 3.63) is 87.6 Å². The molecule has 4 aromatic rings. The van der Waals surface area contributed by atoms with Gasteiger partial charge >= 0.3 is 0 Å². The van der Waals surface area contributed by atoms with Crippen LogP contribution in [-0.4, -0.2) is 31.4 Å². The summed E-state index contributed by atoms with van der Waals surface area (Å²) in [6.07, 6.45) is 0. The van der Waals surface area contributed by atoms with E-state index in [1.807, 2.05) is 30.3 Å². The number of hydrogen-bond acceptors (Lipinski definition) is 5. The van der Waals surface area contributed by atoms with Crippen LogP contribution in [0.15, 0.2) is 59.4 Å². The van der Waals surface area contributed by atoms with Gasteiger partial charge in [0, 0.05) is 11.9 Å². The van der Waals surface area contributed by atoms with Crippen LogP contribution in [0.2, 0.25) is 0 Å². The molecule has 162 valence electrons. The number of benzene rings is 2. The topological polar surface area (TPSA) is 111 Å². The summed E-state index contributed by atoms with van der Waals surface area (Å²) in [6, 6.07) is 16.2. The first-order valence-corrected chi connectivity index (χ1v) is 10.1. The summed E-state index contributed by atoms with van der Waals surface area (Å²) >= 11 is 0. The summed E-state index contributed by atoms with van der Waals surface area (Å²) in [5.41, 5.74) is 6.99. The van der Waals surface area contributed by atoms with Crippen LogP contribution in [0, 0.1) is 13.8 Å². The summed E-state index contributed by atoms with van der Waals surface area (Å²) in [5, 5.41) is 9.43. The average molecular weight is 430 g/mol. The molecule has 0 aliphatic heterocycles. The van der Waals surface area contributed by atoms with Gasteiger partial charge in [-0.2, -0.15) is 10.2 Å². The highest BCUT2D eigenvalue weighted by Gasteiger charge is 2.21. The molecule has 2 N–H and O–H groups in total. The van der Waals surface area contributed by atoms with Gasteiger partial charge in [0.25, 0.3) is 17.4 Å². The van der Waals surface area contributed by atoms with E-state index in [1.54, 1.807) is 49.7 Å². The lowest BCUT2D eigenvalue weighted by atomic mass is 10.1. The molecule has 0 saturated heterocycles. The summed E-state index contributed by atoms with van der Waals surface area (Å²) < 4.78 is 2.90. The second kappa shape index (κ2) is 8.46. The maximum absolute atomic E-state index is 12.9. The van der Waals surface area contributed by atoms with Crippen molar-refractivity contribution in [1.82, 2.24) is 30.4 Å². The Balaban J connectivity index is 1.60. The van der Waals surface area contributed by atoms with E-state index in [2.05, 4.69) is 21.0 Å². The maximum Gasteiger partial charge on any atom is 0.290 e. The van der Waals surface area contributed by atoms with E-state index in [1.165, 1.54) is 4.68 Å². The smallest absolute Gasteiger partial charge is 0.267 e. The lowest BCUT2D eigenvalue weighted by Crippen LogP contribution is -2.43. The van der Waals surface area contributed by atoms with E-state index in [9.17, 15) is 14.4 Å². The first-order chi connectivity index (χ1) is 15.4. The average Bonchev–Trinajstić information content (AvgIpc) is 3.12. The molecule has 0 radical (unpaired) electrons. The molecule has 9 nitrogen and oxygen atoms in total. The van der Waals surface area contributed by atoms with Crippen molar-refractivity contribution in [3.63, 3.8) is 0 Å². The van der Waals surface area contributed by atoms with Crippen molar-refractivity contribution < 1.29 is 9.59 Å². The van der Waals surface area contributed by atoms with Crippen LogP contribution in [0.4, 0.5) is 0 Å². The van der Waals surface area contributed by atoms with Crippen LogP contribution in [0.5, 0.6) is 0 Å². The number of nitrogens with one attached hydrogen (secondary N) is 2. The predicted octanol–water partition coefficient (Wildman–Crippen LogP) is 2.29. The number of hydrogen-bond donors (Lipinski definition) is 2. The number of fused-ring (bicyclic) bond motifs is 1. The Morgan fingerprint density at radius 1 is 0.875 bits per heavy atom. The standard InChI is InChI=1S/C23H22N6O3/c1-4-28-23(32)18-13-9-8-12-17(18)20(27-28)22(31)25-24-21(30)19-14(2)26-29(15(19)3)16-10-6-5-7-11-16/h5-13H,4H2,1-3H3,(H,24,30)(H,25,31). The quantitative estimate of drug-likeness (QED) is 0.483. The van der Waals surface area contributed by atoms with Crippen LogP contribution < -0.4 is 16.4 Å². The molecule has 0 aliphatic rings. The lowest BCUT2D eigenvalue weighted by molar-refractivity contribution is 0.0843. The summed E-state index contributed by atoms with van der Waals surface area (Å²) in [4.78, 5) is 38.2. The van der Waals surface area contributed by atoms with Gasteiger partial charge in [-0.05, 0) is 39.0 Å². The Morgan fingerprint density at radius 3 is 2.19 bits per heavy atom. The van der Waals surface area contributed by atoms with Crippen molar-refractivity contribution in [2.75, 3.05) is 0 Å². The molecular formula is C23H22N6O3. The zero-order valence-corrected chi connectivity index (χ0v) is 17.9. The lowest BCUT2D eigenvalue weighted by Gasteiger charge is -2.11. The maximum atomic E-state index is 12.9. The van der Waals surface area contributed by atoms with Crippen molar-refractivity contribution in [1.29, 1.82) is 0 Å². The third-order valence-corrected chi connectivity index (χ3v) is 5.19. The second-order valence-corrected chi connectivity index (χ2v) is 7.22. The highest BCUT2D eigenvalue weighted by atomic mass is 16.2. The Bertz CT molecular complexity index is 1390. The molecule has 0 saturated carbocycles. The van der Waals surface area contributed by atoms with Crippen molar-refractivity contribution in [2.45, 2.75) is 27.3 Å². The normalized spacial score (nSPS) is 10.8. The summed E-state index contributed by atoms with van der Waals surface area (Å²) in [6.45, 7) is 5.60. The van der Waals surface area contributed by atoms with Gasteiger partial charge in [0.05, 0.1) is 28.0 Å². The molecule has 2 aromatic carbocycles. The van der Waals surface area contributed by atoms with E-state index < -0.39 is 11.8 Å². The monoisotopic (exact) mass is 430 g/mol. The van der Waals surface area contributed by atoms with Gasteiger partial charge in [0.1, 0.15) is 0 Å². The van der Waals surface area contributed by atoms with Gasteiger partial charge in [-0.3, -0.25) is 25.2 Å². The van der Waals surface area contributed by atoms with Crippen molar-refractivity contribution in [3.8, 4) is 5.69 Å². The molecule has 0 atom stereocenters. The number of carbonyl (C=O) groups is 2. The van der Waals surface area contributed by atoms with Crippen molar-refractivity contribution in [2.24, 2.45) is 0 Å². The molecule has 0 spiro atoms. The van der Waals surface area contributed by atoms with Gasteiger partial charge in [0.2, 0.25) is 0 Å². The number of aromatic nitrogens is 4. The molecule has 2 aromatic heterocycles. The van der Waals surface area contributed by atoms with E-state index in [0.717, 1.165) is 5.69 Å². The fraction of sp³-hybridized carbons (Fsp3) is 0.174. The largest absolute Gasteiger partial charge is 0.290 e. The van der Waals surface area contributed by atoms with E-state index in [0.29, 0.717) is 34.3 Å². The number of aryl methyl sites for hydroxylation is 2. The Morgan fingerprint density at radius 2 is 1.50 bits per heavy atom. The predicted molar refractivity (Wildman–Crippen MR) is 120 cm³/mol. The van der Waals surface area contributed by atoms with E-state index in [4.69, 9.17) is 0 Å². The first-order valence-electron chi connectivity index (χ1n) is 10.1. The third-order valence-electron chi connectivity index (χ3n) is 5.19. The zero-order valence-electron chi connectivity index (χ0n) is 17.9. The van der Waals surface area contributed by atoms with Crippen LogP contribution >= 0.6 is 0 Å². The fourth-order valence-electron chi connectivity index (χ4n) is 3.64. The minimum atomic E-state index is -0.623. The minimum absolute atomic E-state index is 0.0516. The number of rotatable bonds is 4. The van der Waals surface area contributed by atoms with Gasteiger partial charge in [-0.1, -0.05) is 36.4 Å².